The van der Waals surface area contributed by atoms with E-state index in [9.17, 15) is 4.79 Å². The van der Waals surface area contributed by atoms with Crippen LogP contribution >= 0.6 is 11.6 Å². The van der Waals surface area contributed by atoms with Gasteiger partial charge in [0, 0.05) is 42.5 Å². The van der Waals surface area contributed by atoms with Crippen LogP contribution in [0, 0.1) is 13.8 Å². The van der Waals surface area contributed by atoms with E-state index >= 15 is 0 Å². The molecule has 0 saturated carbocycles. The van der Waals surface area contributed by atoms with Crippen LogP contribution < -0.4 is 4.90 Å². The second-order valence-electron chi connectivity index (χ2n) is 9.99. The maximum absolute atomic E-state index is 12.3. The first kappa shape index (κ1) is 23.6. The Kier molecular flexibility index (Phi) is 5.95. The van der Waals surface area contributed by atoms with Crippen molar-refractivity contribution in [1.29, 1.82) is 0 Å². The second kappa shape index (κ2) is 8.82. The Hall–Kier alpha value is -3.13. The lowest BCUT2D eigenvalue weighted by atomic mass is 9.95. The Morgan fingerprint density at radius 1 is 1.17 bits per heavy atom. The number of halogens is 1. The minimum absolute atomic E-state index is 0.0125. The predicted octanol–water partition coefficient (Wildman–Crippen LogP) is 4.68. The molecule has 0 radical (unpaired) electrons. The van der Waals surface area contributed by atoms with Crippen molar-refractivity contribution in [3.63, 3.8) is 0 Å². The number of hydrogen-bond donors (Lipinski definition) is 1. The summed E-state index contributed by atoms with van der Waals surface area (Å²) in [6.45, 7) is 14.2. The van der Waals surface area contributed by atoms with Gasteiger partial charge in [-0.2, -0.15) is 5.10 Å². The molecule has 35 heavy (non-hydrogen) atoms. The molecule has 0 unspecified atom stereocenters. The normalized spacial score (nSPS) is 18.9. The first-order valence-electron chi connectivity index (χ1n) is 12.2. The Morgan fingerprint density at radius 2 is 1.94 bits per heavy atom. The summed E-state index contributed by atoms with van der Waals surface area (Å²) < 4.78 is 1.84. The smallest absolute Gasteiger partial charge is 0.237 e. The summed E-state index contributed by atoms with van der Waals surface area (Å²) in [5, 5.41) is 4.38. The Bertz CT molecular complexity index is 1420. The summed E-state index contributed by atoms with van der Waals surface area (Å²) in [5.41, 5.74) is 8.57. The van der Waals surface area contributed by atoms with Gasteiger partial charge in [0.2, 0.25) is 5.91 Å². The third-order valence-corrected chi connectivity index (χ3v) is 7.58. The molecule has 1 saturated heterocycles. The van der Waals surface area contributed by atoms with Gasteiger partial charge in [-0.3, -0.25) is 4.79 Å². The van der Waals surface area contributed by atoms with Crippen LogP contribution in [0.2, 0.25) is 0 Å². The van der Waals surface area contributed by atoms with Gasteiger partial charge in [0.05, 0.1) is 16.7 Å². The zero-order valence-corrected chi connectivity index (χ0v) is 21.9. The van der Waals surface area contributed by atoms with Crippen LogP contribution in [0.25, 0.3) is 27.9 Å². The largest absolute Gasteiger partial charge is 0.353 e. The van der Waals surface area contributed by atoms with Crippen LogP contribution in [0.4, 0.5) is 5.82 Å². The molecule has 1 fully saturated rings. The Morgan fingerprint density at radius 3 is 2.66 bits per heavy atom. The molecule has 1 aliphatic rings. The number of rotatable bonds is 4. The number of aromatic amines is 1. The molecular formula is C26H32ClN7O. The van der Waals surface area contributed by atoms with Crippen LogP contribution in [-0.2, 0) is 4.79 Å². The van der Waals surface area contributed by atoms with Crippen LogP contribution in [0.5, 0.6) is 0 Å². The summed E-state index contributed by atoms with van der Waals surface area (Å²) in [5.74, 6) is 1.20. The fourth-order valence-electron chi connectivity index (χ4n) is 5.33. The molecular weight excluding hydrogens is 462 g/mol. The molecule has 4 aromatic rings. The van der Waals surface area contributed by atoms with Crippen molar-refractivity contribution in [3.8, 4) is 11.3 Å². The molecule has 1 aliphatic heterocycles. The third-order valence-electron chi connectivity index (χ3n) is 7.35. The molecule has 0 aromatic carbocycles. The number of piperazine rings is 1. The molecule has 0 spiro atoms. The maximum atomic E-state index is 12.3. The number of hydrogen-bond acceptors (Lipinski definition) is 5. The maximum Gasteiger partial charge on any atom is 0.237 e. The van der Waals surface area contributed by atoms with Crippen molar-refractivity contribution in [2.75, 3.05) is 23.9 Å². The van der Waals surface area contributed by atoms with E-state index in [0.29, 0.717) is 6.54 Å². The van der Waals surface area contributed by atoms with Gasteiger partial charge in [-0.05, 0) is 56.9 Å². The predicted molar refractivity (Wildman–Crippen MR) is 140 cm³/mol. The average Bonchev–Trinajstić information content (AvgIpc) is 3.46. The zero-order chi connectivity index (χ0) is 25.0. The molecule has 184 valence electrons. The van der Waals surface area contributed by atoms with Gasteiger partial charge in [-0.1, -0.05) is 13.8 Å². The van der Waals surface area contributed by atoms with Gasteiger partial charge in [0.15, 0.2) is 5.65 Å². The van der Waals surface area contributed by atoms with Gasteiger partial charge in [-0.25, -0.2) is 14.5 Å². The van der Waals surface area contributed by atoms with Gasteiger partial charge < -0.3 is 14.8 Å². The number of amides is 1. The van der Waals surface area contributed by atoms with E-state index in [4.69, 9.17) is 16.6 Å². The zero-order valence-electron chi connectivity index (χ0n) is 21.1. The standard InChI is InChI=1S/C26H32ClN7O/c1-14(2)23-24(19-12-34-26(28-13-29-34)18(6)17(19)5)30-20-7-8-21(31-25(20)23)32-10-16(4)33(11-15(32)3)22(35)9-27/h7-8,12-16,30H,9-11H2,1-6H3/t15-,16+/m0/s1. The van der Waals surface area contributed by atoms with Crippen molar-refractivity contribution < 1.29 is 4.79 Å². The highest BCUT2D eigenvalue weighted by molar-refractivity contribution is 6.27. The SMILES string of the molecule is Cc1c(-c2[nH]c3ccc(N4C[C@@H](C)N(C(=O)CCl)C[C@@H]4C)nc3c2C(C)C)cn2ncnc2c1C. The number of aromatic nitrogens is 5. The van der Waals surface area contributed by atoms with Crippen molar-refractivity contribution in [1.82, 2.24) is 29.5 Å². The molecule has 5 heterocycles. The third kappa shape index (κ3) is 3.84. The van der Waals surface area contributed by atoms with Crippen molar-refractivity contribution >= 4 is 40.0 Å². The fourth-order valence-corrected chi connectivity index (χ4v) is 5.49. The van der Waals surface area contributed by atoms with E-state index in [1.54, 1.807) is 6.33 Å². The number of carbonyl (C=O) groups is 1. The van der Waals surface area contributed by atoms with E-state index in [1.165, 1.54) is 11.1 Å². The van der Waals surface area contributed by atoms with Gasteiger partial charge >= 0.3 is 0 Å². The summed E-state index contributed by atoms with van der Waals surface area (Å²) in [6.07, 6.45) is 3.65. The van der Waals surface area contributed by atoms with Crippen molar-refractivity contribution in [2.45, 2.75) is 59.5 Å². The second-order valence-corrected chi connectivity index (χ2v) is 10.3. The van der Waals surface area contributed by atoms with Crippen molar-refractivity contribution in [3.05, 3.63) is 41.3 Å². The van der Waals surface area contributed by atoms with E-state index in [2.05, 4.69) is 79.8 Å². The molecule has 1 amide bonds. The van der Waals surface area contributed by atoms with E-state index in [0.717, 1.165) is 45.9 Å². The molecule has 0 aliphatic carbocycles. The van der Waals surface area contributed by atoms with E-state index in [1.807, 2.05) is 9.42 Å². The number of aryl methyl sites for hydroxylation is 1. The fraction of sp³-hybridized carbons (Fsp3) is 0.462. The highest BCUT2D eigenvalue weighted by Gasteiger charge is 2.32. The number of carbonyl (C=O) groups excluding carboxylic acids is 1. The van der Waals surface area contributed by atoms with Crippen LogP contribution in [-0.4, -0.2) is 66.4 Å². The molecule has 5 rings (SSSR count). The van der Waals surface area contributed by atoms with Gasteiger partial charge in [0.25, 0.3) is 0 Å². The van der Waals surface area contributed by atoms with E-state index in [-0.39, 0.29) is 29.8 Å². The number of nitrogens with zero attached hydrogens (tertiary/aromatic N) is 6. The number of H-pyrrole nitrogens is 1. The topological polar surface area (TPSA) is 82.4 Å². The molecule has 4 aromatic heterocycles. The summed E-state index contributed by atoms with van der Waals surface area (Å²) >= 11 is 5.83. The van der Waals surface area contributed by atoms with Crippen molar-refractivity contribution in [2.24, 2.45) is 0 Å². The lowest BCUT2D eigenvalue weighted by Gasteiger charge is -2.44. The highest BCUT2D eigenvalue weighted by Crippen LogP contribution is 2.38. The van der Waals surface area contributed by atoms with E-state index < -0.39 is 0 Å². The first-order chi connectivity index (χ1) is 16.7. The summed E-state index contributed by atoms with van der Waals surface area (Å²) in [6, 6.07) is 4.41. The first-order valence-corrected chi connectivity index (χ1v) is 12.7. The summed E-state index contributed by atoms with van der Waals surface area (Å²) in [7, 11) is 0. The van der Waals surface area contributed by atoms with Gasteiger partial charge in [0.1, 0.15) is 18.0 Å². The minimum Gasteiger partial charge on any atom is -0.353 e. The number of alkyl halides is 1. The Balaban J connectivity index is 1.60. The van der Waals surface area contributed by atoms with Crippen LogP contribution in [0.3, 0.4) is 0 Å². The number of anilines is 1. The monoisotopic (exact) mass is 493 g/mol. The highest BCUT2D eigenvalue weighted by atomic mass is 35.5. The minimum atomic E-state index is -0.0125. The molecule has 8 nitrogen and oxygen atoms in total. The quantitative estimate of drug-likeness (QED) is 0.417. The summed E-state index contributed by atoms with van der Waals surface area (Å²) in [4.78, 5) is 29.7. The molecule has 9 heteroatoms. The van der Waals surface area contributed by atoms with Gasteiger partial charge in [-0.15, -0.1) is 11.6 Å². The van der Waals surface area contributed by atoms with Crippen LogP contribution in [0.15, 0.2) is 24.7 Å². The van der Waals surface area contributed by atoms with Crippen LogP contribution in [0.1, 0.15) is 50.3 Å². The number of nitrogens with one attached hydrogen (secondary N) is 1. The molecule has 0 bridgehead atoms. The molecule has 1 N–H and O–H groups in total. The lowest BCUT2D eigenvalue weighted by Crippen LogP contribution is -2.58. The lowest BCUT2D eigenvalue weighted by molar-refractivity contribution is -0.131. The molecule has 2 atom stereocenters. The Labute approximate surface area is 210 Å². The number of pyridine rings is 2. The number of fused-ring (bicyclic) bond motifs is 2. The average molecular weight is 494 g/mol.